The predicted octanol–water partition coefficient (Wildman–Crippen LogP) is 3.88. The van der Waals surface area contributed by atoms with Gasteiger partial charge in [-0.25, -0.2) is 0 Å². The monoisotopic (exact) mass is 243 g/mol. The van der Waals surface area contributed by atoms with E-state index in [1.807, 2.05) is 0 Å². The Kier molecular flexibility index (Phi) is 11.0. The van der Waals surface area contributed by atoms with Gasteiger partial charge in [-0.15, -0.1) is 0 Å². The lowest BCUT2D eigenvalue weighted by Crippen LogP contribution is -2.39. The van der Waals surface area contributed by atoms with Crippen LogP contribution < -0.4 is 5.32 Å². The fourth-order valence-corrected chi connectivity index (χ4v) is 2.12. The van der Waals surface area contributed by atoms with Gasteiger partial charge in [0.05, 0.1) is 0 Å². The van der Waals surface area contributed by atoms with Crippen LogP contribution >= 0.6 is 0 Å². The standard InChI is InChI=1S/C15H33NO/c1-4-5-6-7-8-9-10-12-15(2,3)16-13-11-14-17/h16-17H,4-14H2,1-3H3. The molecular weight excluding hydrogens is 210 g/mol. The van der Waals surface area contributed by atoms with Crippen LogP contribution in [0.1, 0.15) is 78.6 Å². The summed E-state index contributed by atoms with van der Waals surface area (Å²) in [6.45, 7) is 8.02. The van der Waals surface area contributed by atoms with Crippen molar-refractivity contribution < 1.29 is 5.11 Å². The van der Waals surface area contributed by atoms with Gasteiger partial charge in [-0.2, -0.15) is 0 Å². The first kappa shape index (κ1) is 16.9. The minimum absolute atomic E-state index is 0.235. The highest BCUT2D eigenvalue weighted by Crippen LogP contribution is 2.15. The molecule has 17 heavy (non-hydrogen) atoms. The number of nitrogens with one attached hydrogen (secondary N) is 1. The minimum atomic E-state index is 0.235. The first-order chi connectivity index (χ1) is 8.12. The van der Waals surface area contributed by atoms with Crippen molar-refractivity contribution in [2.24, 2.45) is 0 Å². The van der Waals surface area contributed by atoms with Crippen LogP contribution in [0.4, 0.5) is 0 Å². The van der Waals surface area contributed by atoms with Crippen LogP contribution in [0, 0.1) is 0 Å². The topological polar surface area (TPSA) is 32.3 Å². The van der Waals surface area contributed by atoms with Gasteiger partial charge in [0.15, 0.2) is 0 Å². The van der Waals surface area contributed by atoms with Crippen molar-refractivity contribution in [3.63, 3.8) is 0 Å². The molecule has 0 saturated heterocycles. The summed E-state index contributed by atoms with van der Waals surface area (Å²) in [4.78, 5) is 0. The Morgan fingerprint density at radius 2 is 1.47 bits per heavy atom. The molecule has 0 atom stereocenters. The van der Waals surface area contributed by atoms with Gasteiger partial charge < -0.3 is 10.4 Å². The quantitative estimate of drug-likeness (QED) is 0.510. The van der Waals surface area contributed by atoms with E-state index in [0.29, 0.717) is 6.61 Å². The smallest absolute Gasteiger partial charge is 0.0443 e. The summed E-state index contributed by atoms with van der Waals surface area (Å²) in [7, 11) is 0. The van der Waals surface area contributed by atoms with Gasteiger partial charge in [-0.1, -0.05) is 51.9 Å². The van der Waals surface area contributed by atoms with Crippen LogP contribution in [0.25, 0.3) is 0 Å². The summed E-state index contributed by atoms with van der Waals surface area (Å²) < 4.78 is 0. The molecule has 2 heteroatoms. The first-order valence-corrected chi connectivity index (χ1v) is 7.48. The third-order valence-electron chi connectivity index (χ3n) is 3.34. The third kappa shape index (κ3) is 12.2. The van der Waals surface area contributed by atoms with Crippen molar-refractivity contribution in [2.45, 2.75) is 84.1 Å². The second-order valence-corrected chi connectivity index (χ2v) is 5.76. The second-order valence-electron chi connectivity index (χ2n) is 5.76. The maximum absolute atomic E-state index is 8.74. The SMILES string of the molecule is CCCCCCCCCC(C)(C)NCCCO. The number of hydrogen-bond donors (Lipinski definition) is 2. The third-order valence-corrected chi connectivity index (χ3v) is 3.34. The summed E-state index contributed by atoms with van der Waals surface area (Å²) in [5.74, 6) is 0. The van der Waals surface area contributed by atoms with Gasteiger partial charge >= 0.3 is 0 Å². The largest absolute Gasteiger partial charge is 0.396 e. The maximum Gasteiger partial charge on any atom is 0.0443 e. The van der Waals surface area contributed by atoms with Gasteiger partial charge in [0.25, 0.3) is 0 Å². The highest BCUT2D eigenvalue weighted by Gasteiger charge is 2.15. The average Bonchev–Trinajstić information content (AvgIpc) is 2.28. The summed E-state index contributed by atoms with van der Waals surface area (Å²) >= 11 is 0. The molecule has 104 valence electrons. The van der Waals surface area contributed by atoms with Crippen LogP contribution in [-0.4, -0.2) is 23.8 Å². The Bertz CT molecular complexity index is 157. The van der Waals surface area contributed by atoms with Crippen LogP contribution in [0.5, 0.6) is 0 Å². The van der Waals surface area contributed by atoms with E-state index in [0.717, 1.165) is 13.0 Å². The maximum atomic E-state index is 8.74. The molecule has 0 aromatic carbocycles. The van der Waals surface area contributed by atoms with Crippen molar-refractivity contribution in [2.75, 3.05) is 13.2 Å². The molecule has 0 aliphatic carbocycles. The molecule has 0 rings (SSSR count). The summed E-state index contributed by atoms with van der Waals surface area (Å²) in [6, 6.07) is 0. The van der Waals surface area contributed by atoms with Crippen molar-refractivity contribution in [3.05, 3.63) is 0 Å². The molecule has 0 saturated carbocycles. The zero-order valence-corrected chi connectivity index (χ0v) is 12.2. The molecule has 0 aliphatic rings. The Labute approximate surface area is 108 Å². The molecule has 0 bridgehead atoms. The molecule has 0 amide bonds. The summed E-state index contributed by atoms with van der Waals surface area (Å²) in [5, 5.41) is 12.3. The molecule has 0 aromatic rings. The van der Waals surface area contributed by atoms with E-state index >= 15 is 0 Å². The molecule has 0 aromatic heterocycles. The van der Waals surface area contributed by atoms with E-state index in [1.54, 1.807) is 0 Å². The molecule has 2 nitrogen and oxygen atoms in total. The van der Waals surface area contributed by atoms with Crippen molar-refractivity contribution in [1.29, 1.82) is 0 Å². The Morgan fingerprint density at radius 1 is 0.882 bits per heavy atom. The molecule has 0 radical (unpaired) electrons. The molecule has 0 unspecified atom stereocenters. The second kappa shape index (κ2) is 11.0. The Balaban J connectivity index is 3.32. The van der Waals surface area contributed by atoms with E-state index in [4.69, 9.17) is 5.11 Å². The van der Waals surface area contributed by atoms with Crippen LogP contribution in [0.2, 0.25) is 0 Å². The summed E-state index contributed by atoms with van der Waals surface area (Å²) in [6.07, 6.45) is 11.7. The Hall–Kier alpha value is -0.0800. The zero-order chi connectivity index (χ0) is 13.0. The highest BCUT2D eigenvalue weighted by atomic mass is 16.3. The molecule has 0 heterocycles. The van der Waals surface area contributed by atoms with Crippen LogP contribution in [-0.2, 0) is 0 Å². The van der Waals surface area contributed by atoms with Gasteiger partial charge in [-0.3, -0.25) is 0 Å². The predicted molar refractivity (Wildman–Crippen MR) is 76.4 cm³/mol. The zero-order valence-electron chi connectivity index (χ0n) is 12.2. The number of unbranched alkanes of at least 4 members (excludes halogenated alkanes) is 6. The molecule has 0 spiro atoms. The molecule has 2 N–H and O–H groups in total. The van der Waals surface area contributed by atoms with Gasteiger partial charge in [0.1, 0.15) is 0 Å². The fraction of sp³-hybridized carbons (Fsp3) is 1.00. The Morgan fingerprint density at radius 3 is 2.06 bits per heavy atom. The lowest BCUT2D eigenvalue weighted by Gasteiger charge is -2.26. The fourth-order valence-electron chi connectivity index (χ4n) is 2.12. The normalized spacial score (nSPS) is 12.0. The van der Waals surface area contributed by atoms with Crippen LogP contribution in [0.3, 0.4) is 0 Å². The van der Waals surface area contributed by atoms with Crippen molar-refractivity contribution >= 4 is 0 Å². The van der Waals surface area contributed by atoms with Crippen LogP contribution in [0.15, 0.2) is 0 Å². The van der Waals surface area contributed by atoms with E-state index in [-0.39, 0.29) is 5.54 Å². The number of aliphatic hydroxyl groups is 1. The van der Waals surface area contributed by atoms with E-state index in [1.165, 1.54) is 51.4 Å². The van der Waals surface area contributed by atoms with Gasteiger partial charge in [-0.05, 0) is 33.2 Å². The highest BCUT2D eigenvalue weighted by molar-refractivity contribution is 4.76. The van der Waals surface area contributed by atoms with E-state index < -0.39 is 0 Å². The van der Waals surface area contributed by atoms with Crippen molar-refractivity contribution in [1.82, 2.24) is 5.32 Å². The van der Waals surface area contributed by atoms with Gasteiger partial charge in [0, 0.05) is 12.1 Å². The minimum Gasteiger partial charge on any atom is -0.396 e. The van der Waals surface area contributed by atoms with E-state index in [2.05, 4.69) is 26.1 Å². The lowest BCUT2D eigenvalue weighted by atomic mass is 9.96. The number of rotatable bonds is 12. The number of aliphatic hydroxyl groups excluding tert-OH is 1. The molecule has 0 fully saturated rings. The number of hydrogen-bond acceptors (Lipinski definition) is 2. The molecule has 0 aliphatic heterocycles. The first-order valence-electron chi connectivity index (χ1n) is 7.48. The molecular formula is C15H33NO. The van der Waals surface area contributed by atoms with E-state index in [9.17, 15) is 0 Å². The summed E-state index contributed by atoms with van der Waals surface area (Å²) in [5.41, 5.74) is 0.235. The average molecular weight is 243 g/mol. The van der Waals surface area contributed by atoms with Gasteiger partial charge in [0.2, 0.25) is 0 Å². The van der Waals surface area contributed by atoms with Crippen molar-refractivity contribution in [3.8, 4) is 0 Å². The lowest BCUT2D eigenvalue weighted by molar-refractivity contribution is 0.270.